The number of halogens is 2. The highest BCUT2D eigenvalue weighted by Crippen LogP contribution is 2.27. The van der Waals surface area contributed by atoms with E-state index < -0.39 is 24.3 Å². The van der Waals surface area contributed by atoms with E-state index in [9.17, 15) is 13.9 Å². The maximum atomic E-state index is 14.1. The van der Waals surface area contributed by atoms with Crippen molar-refractivity contribution < 1.29 is 23.7 Å². The molecule has 0 spiro atoms. The predicted octanol–water partition coefficient (Wildman–Crippen LogP) is 1.21. The van der Waals surface area contributed by atoms with E-state index in [1.807, 2.05) is 4.90 Å². The maximum absolute atomic E-state index is 14.1. The van der Waals surface area contributed by atoms with Gasteiger partial charge in [-0.25, -0.2) is 8.78 Å². The number of aromatic nitrogens is 2. The molecule has 2 aromatic rings. The van der Waals surface area contributed by atoms with Crippen LogP contribution in [0, 0.1) is 11.6 Å². The van der Waals surface area contributed by atoms with Crippen molar-refractivity contribution in [2.75, 3.05) is 20.3 Å². The summed E-state index contributed by atoms with van der Waals surface area (Å²) in [6.07, 6.45) is -1.02. The van der Waals surface area contributed by atoms with Crippen LogP contribution in [-0.4, -0.2) is 45.2 Å². The lowest BCUT2D eigenvalue weighted by Gasteiger charge is -2.28. The van der Waals surface area contributed by atoms with Gasteiger partial charge in [0, 0.05) is 25.2 Å². The molecule has 0 aliphatic carbocycles. The first-order valence-electron chi connectivity index (χ1n) is 7.62. The number of hydrogen-bond donors (Lipinski definition) is 2. The monoisotopic (exact) mass is 339 g/mol. The van der Waals surface area contributed by atoms with E-state index in [4.69, 9.17) is 9.84 Å². The van der Waals surface area contributed by atoms with Crippen molar-refractivity contribution in [2.45, 2.75) is 25.7 Å². The minimum atomic E-state index is -1.02. The third kappa shape index (κ3) is 3.12. The van der Waals surface area contributed by atoms with Gasteiger partial charge < -0.3 is 14.9 Å². The molecule has 24 heavy (non-hydrogen) atoms. The molecular weight excluding hydrogens is 320 g/mol. The van der Waals surface area contributed by atoms with Gasteiger partial charge in [-0.1, -0.05) is 0 Å². The first kappa shape index (κ1) is 16.8. The van der Waals surface area contributed by atoms with Gasteiger partial charge >= 0.3 is 0 Å². The number of methoxy groups -OCH3 is 1. The summed E-state index contributed by atoms with van der Waals surface area (Å²) >= 11 is 0. The lowest BCUT2D eigenvalue weighted by Crippen LogP contribution is -2.33. The van der Waals surface area contributed by atoms with Gasteiger partial charge in [-0.05, 0) is 18.2 Å². The molecule has 1 aromatic carbocycles. The van der Waals surface area contributed by atoms with Crippen LogP contribution in [0.3, 0.4) is 0 Å². The minimum absolute atomic E-state index is 0.182. The summed E-state index contributed by atoms with van der Waals surface area (Å²) in [5, 5.41) is 22.9. The fourth-order valence-electron chi connectivity index (χ4n) is 2.87. The third-order valence-electron chi connectivity index (χ3n) is 4.16. The molecule has 0 radical (unpaired) electrons. The third-order valence-corrected chi connectivity index (χ3v) is 4.16. The highest BCUT2D eigenvalue weighted by Gasteiger charge is 2.23. The molecular formula is C16H19F2N3O3. The van der Waals surface area contributed by atoms with Gasteiger partial charge in [0.15, 0.2) is 11.6 Å². The average Bonchev–Trinajstić information content (AvgIpc) is 3.02. The van der Waals surface area contributed by atoms with E-state index in [0.29, 0.717) is 31.1 Å². The minimum Gasteiger partial charge on any atom is -0.496 e. The number of benzene rings is 1. The lowest BCUT2D eigenvalue weighted by molar-refractivity contribution is 0.0915. The van der Waals surface area contributed by atoms with Crippen molar-refractivity contribution in [3.05, 3.63) is 46.8 Å². The van der Waals surface area contributed by atoms with Crippen LogP contribution < -0.4 is 4.74 Å². The molecule has 2 N–H and O–H groups in total. The number of rotatable bonds is 5. The Balaban J connectivity index is 1.79. The summed E-state index contributed by atoms with van der Waals surface area (Å²) in [5.41, 5.74) is 1.43. The van der Waals surface area contributed by atoms with Crippen molar-refractivity contribution in [2.24, 2.45) is 0 Å². The number of nitrogens with zero attached hydrogens (tertiary/aromatic N) is 3. The fraction of sp³-hybridized carbons (Fsp3) is 0.438. The molecule has 1 aromatic heterocycles. The molecule has 0 unspecified atom stereocenters. The molecule has 0 saturated carbocycles. The number of ether oxygens (including phenoxy) is 1. The Hall–Kier alpha value is -2.03. The lowest BCUT2D eigenvalue weighted by atomic mass is 10.1. The summed E-state index contributed by atoms with van der Waals surface area (Å²) in [6.45, 7) is 1.45. The zero-order valence-corrected chi connectivity index (χ0v) is 13.2. The van der Waals surface area contributed by atoms with Crippen molar-refractivity contribution >= 4 is 0 Å². The van der Waals surface area contributed by atoms with Gasteiger partial charge in [0.2, 0.25) is 0 Å². The molecule has 8 heteroatoms. The Morgan fingerprint density at radius 1 is 1.33 bits per heavy atom. The summed E-state index contributed by atoms with van der Waals surface area (Å²) in [6, 6.07) is 4.18. The summed E-state index contributed by atoms with van der Waals surface area (Å²) < 4.78 is 34.5. The Kier molecular flexibility index (Phi) is 4.79. The SMILES string of the molecule is COc1ccc(F)c(F)c1CN1CCn2nc([C@H](O)CO)cc2C1. The van der Waals surface area contributed by atoms with Gasteiger partial charge in [-0.3, -0.25) is 9.58 Å². The molecule has 2 heterocycles. The van der Waals surface area contributed by atoms with Gasteiger partial charge in [-0.2, -0.15) is 5.10 Å². The molecule has 0 bridgehead atoms. The second-order valence-electron chi connectivity index (χ2n) is 5.73. The number of aliphatic hydroxyl groups excluding tert-OH is 2. The number of hydrogen-bond acceptors (Lipinski definition) is 5. The molecule has 3 rings (SSSR count). The fourth-order valence-corrected chi connectivity index (χ4v) is 2.87. The molecule has 1 aliphatic rings. The van der Waals surface area contributed by atoms with Gasteiger partial charge in [0.1, 0.15) is 11.9 Å². The Morgan fingerprint density at radius 3 is 2.83 bits per heavy atom. The van der Waals surface area contributed by atoms with Gasteiger partial charge in [0.05, 0.1) is 31.6 Å². The molecule has 0 amide bonds. The molecule has 0 saturated heterocycles. The zero-order chi connectivity index (χ0) is 17.3. The highest BCUT2D eigenvalue weighted by atomic mass is 19.2. The number of aliphatic hydroxyl groups is 2. The summed E-state index contributed by atoms with van der Waals surface area (Å²) in [7, 11) is 1.42. The summed E-state index contributed by atoms with van der Waals surface area (Å²) in [4.78, 5) is 1.95. The zero-order valence-electron chi connectivity index (χ0n) is 13.2. The first-order chi connectivity index (χ1) is 11.5. The van der Waals surface area contributed by atoms with Crippen LogP contribution in [0.25, 0.3) is 0 Å². The molecule has 6 nitrogen and oxygen atoms in total. The second-order valence-corrected chi connectivity index (χ2v) is 5.73. The second kappa shape index (κ2) is 6.84. The van der Waals surface area contributed by atoms with Crippen LogP contribution in [0.4, 0.5) is 8.78 Å². The predicted molar refractivity (Wildman–Crippen MR) is 81.3 cm³/mol. The van der Waals surface area contributed by atoms with Crippen LogP contribution in [-0.2, 0) is 19.6 Å². The molecule has 0 fully saturated rings. The Labute approximate surface area is 137 Å². The first-order valence-corrected chi connectivity index (χ1v) is 7.62. The summed E-state index contributed by atoms with van der Waals surface area (Å²) in [5.74, 6) is -1.49. The average molecular weight is 339 g/mol. The van der Waals surface area contributed by atoms with Crippen molar-refractivity contribution in [1.29, 1.82) is 0 Å². The quantitative estimate of drug-likeness (QED) is 0.857. The van der Waals surface area contributed by atoms with Crippen LogP contribution in [0.1, 0.15) is 23.1 Å². The maximum Gasteiger partial charge on any atom is 0.167 e. The van der Waals surface area contributed by atoms with Crippen LogP contribution >= 0.6 is 0 Å². The van der Waals surface area contributed by atoms with E-state index in [-0.39, 0.29) is 12.1 Å². The smallest absolute Gasteiger partial charge is 0.167 e. The number of fused-ring (bicyclic) bond motifs is 1. The normalized spacial score (nSPS) is 16.0. The van der Waals surface area contributed by atoms with Crippen LogP contribution in [0.2, 0.25) is 0 Å². The van der Waals surface area contributed by atoms with Crippen LogP contribution in [0.5, 0.6) is 5.75 Å². The standard InChI is InChI=1S/C16H19F2N3O3/c1-24-15-3-2-12(17)16(18)11(15)8-20-4-5-21-10(7-20)6-13(19-21)14(23)9-22/h2-3,6,14,22-23H,4-5,7-9H2,1H3/t14-/m1/s1. The van der Waals surface area contributed by atoms with Crippen molar-refractivity contribution in [1.82, 2.24) is 14.7 Å². The molecule has 1 atom stereocenters. The van der Waals surface area contributed by atoms with Gasteiger partial charge in [-0.15, -0.1) is 0 Å². The largest absolute Gasteiger partial charge is 0.496 e. The topological polar surface area (TPSA) is 70.8 Å². The van der Waals surface area contributed by atoms with E-state index in [2.05, 4.69) is 5.10 Å². The van der Waals surface area contributed by atoms with Crippen LogP contribution in [0.15, 0.2) is 18.2 Å². The van der Waals surface area contributed by atoms with E-state index >= 15 is 0 Å². The molecule has 130 valence electrons. The van der Waals surface area contributed by atoms with Gasteiger partial charge in [0.25, 0.3) is 0 Å². The Morgan fingerprint density at radius 2 is 2.12 bits per heavy atom. The van der Waals surface area contributed by atoms with E-state index in [1.54, 1.807) is 10.7 Å². The van der Waals surface area contributed by atoms with Crippen molar-refractivity contribution in [3.63, 3.8) is 0 Å². The highest BCUT2D eigenvalue weighted by molar-refractivity contribution is 5.35. The molecule has 1 aliphatic heterocycles. The van der Waals surface area contributed by atoms with E-state index in [1.165, 1.54) is 13.2 Å². The van der Waals surface area contributed by atoms with E-state index in [0.717, 1.165) is 11.8 Å². The van der Waals surface area contributed by atoms with Crippen molar-refractivity contribution in [3.8, 4) is 5.75 Å². The Bertz CT molecular complexity index is 736.